The van der Waals surface area contributed by atoms with Gasteiger partial charge in [0.25, 0.3) is 5.91 Å². The minimum absolute atomic E-state index is 0.111. The first-order valence-electron chi connectivity index (χ1n) is 6.24. The second-order valence-electron chi connectivity index (χ2n) is 4.90. The SMILES string of the molecule is O=C(c1cc(Br)c(O)cc1O)N1Cc2ccc(Cl)cc2C1. The maximum atomic E-state index is 12.5. The molecule has 1 aliphatic rings. The van der Waals surface area contributed by atoms with Crippen LogP contribution in [0.1, 0.15) is 21.5 Å². The van der Waals surface area contributed by atoms with Crippen LogP contribution in [-0.4, -0.2) is 21.0 Å². The standard InChI is InChI=1S/C15H11BrClNO3/c16-12-4-11(13(19)5-14(12)20)15(21)18-6-8-1-2-10(17)3-9(8)7-18/h1-5,19-20H,6-7H2. The van der Waals surface area contributed by atoms with Crippen molar-refractivity contribution in [3.8, 4) is 11.5 Å². The second-order valence-corrected chi connectivity index (χ2v) is 6.19. The number of hydrogen-bond donors (Lipinski definition) is 2. The fourth-order valence-electron chi connectivity index (χ4n) is 2.40. The van der Waals surface area contributed by atoms with E-state index in [1.165, 1.54) is 6.07 Å². The monoisotopic (exact) mass is 367 g/mol. The average molecular weight is 369 g/mol. The molecule has 6 heteroatoms. The molecule has 0 aromatic heterocycles. The molecular weight excluding hydrogens is 358 g/mol. The van der Waals surface area contributed by atoms with E-state index in [4.69, 9.17) is 11.6 Å². The molecule has 2 N–H and O–H groups in total. The summed E-state index contributed by atoms with van der Waals surface area (Å²) in [6.07, 6.45) is 0. The molecule has 1 aliphatic heterocycles. The van der Waals surface area contributed by atoms with Crippen LogP contribution in [0.4, 0.5) is 0 Å². The zero-order valence-corrected chi connectivity index (χ0v) is 13.1. The van der Waals surface area contributed by atoms with Crippen LogP contribution in [0.2, 0.25) is 5.02 Å². The van der Waals surface area contributed by atoms with Crippen LogP contribution in [0.25, 0.3) is 0 Å². The Hall–Kier alpha value is -1.72. The van der Waals surface area contributed by atoms with Crippen molar-refractivity contribution in [1.29, 1.82) is 0 Å². The Morgan fingerprint density at radius 3 is 2.57 bits per heavy atom. The van der Waals surface area contributed by atoms with Crippen molar-refractivity contribution in [2.75, 3.05) is 0 Å². The van der Waals surface area contributed by atoms with Crippen molar-refractivity contribution < 1.29 is 15.0 Å². The number of benzene rings is 2. The Balaban J connectivity index is 1.90. The average Bonchev–Trinajstić information content (AvgIpc) is 2.85. The van der Waals surface area contributed by atoms with E-state index in [0.717, 1.165) is 17.2 Å². The highest BCUT2D eigenvalue weighted by atomic mass is 79.9. The van der Waals surface area contributed by atoms with Gasteiger partial charge in [-0.1, -0.05) is 17.7 Å². The number of halogens is 2. The summed E-state index contributed by atoms with van der Waals surface area (Å²) in [6.45, 7) is 0.927. The van der Waals surface area contributed by atoms with Gasteiger partial charge in [0.05, 0.1) is 10.0 Å². The molecular formula is C15H11BrClNO3. The van der Waals surface area contributed by atoms with Gasteiger partial charge in [-0.3, -0.25) is 4.79 Å². The van der Waals surface area contributed by atoms with E-state index in [0.29, 0.717) is 22.6 Å². The fourth-order valence-corrected chi connectivity index (χ4v) is 2.94. The zero-order valence-electron chi connectivity index (χ0n) is 10.8. The lowest BCUT2D eigenvalue weighted by Crippen LogP contribution is -2.25. The van der Waals surface area contributed by atoms with Crippen LogP contribution in [0.5, 0.6) is 11.5 Å². The third kappa shape index (κ3) is 2.59. The molecule has 0 fully saturated rings. The topological polar surface area (TPSA) is 60.8 Å². The molecule has 4 nitrogen and oxygen atoms in total. The first kappa shape index (κ1) is 14.2. The van der Waals surface area contributed by atoms with Gasteiger partial charge in [-0.2, -0.15) is 0 Å². The largest absolute Gasteiger partial charge is 0.507 e. The Labute approximate surface area is 134 Å². The predicted molar refractivity (Wildman–Crippen MR) is 82.5 cm³/mol. The lowest BCUT2D eigenvalue weighted by Gasteiger charge is -2.16. The van der Waals surface area contributed by atoms with E-state index >= 15 is 0 Å². The van der Waals surface area contributed by atoms with Crippen molar-refractivity contribution >= 4 is 33.4 Å². The van der Waals surface area contributed by atoms with Crippen molar-refractivity contribution in [2.45, 2.75) is 13.1 Å². The maximum absolute atomic E-state index is 12.5. The summed E-state index contributed by atoms with van der Waals surface area (Å²) in [7, 11) is 0. The summed E-state index contributed by atoms with van der Waals surface area (Å²) in [4.78, 5) is 14.1. The second kappa shape index (κ2) is 5.24. The first-order valence-corrected chi connectivity index (χ1v) is 7.41. The minimum atomic E-state index is -0.291. The number of carbonyl (C=O) groups excluding carboxylic acids is 1. The predicted octanol–water partition coefficient (Wildman–Crippen LogP) is 3.67. The van der Waals surface area contributed by atoms with Crippen LogP contribution >= 0.6 is 27.5 Å². The van der Waals surface area contributed by atoms with Crippen molar-refractivity contribution in [3.63, 3.8) is 0 Å². The number of phenols is 2. The van der Waals surface area contributed by atoms with Gasteiger partial charge in [0.2, 0.25) is 0 Å². The van der Waals surface area contributed by atoms with Gasteiger partial charge in [0.1, 0.15) is 11.5 Å². The number of aromatic hydroxyl groups is 2. The van der Waals surface area contributed by atoms with E-state index in [9.17, 15) is 15.0 Å². The Bertz CT molecular complexity index is 748. The number of amides is 1. The molecule has 3 rings (SSSR count). The third-order valence-corrected chi connectivity index (χ3v) is 4.34. The molecule has 0 spiro atoms. The normalized spacial score (nSPS) is 13.3. The van der Waals surface area contributed by atoms with Gasteiger partial charge >= 0.3 is 0 Å². The number of nitrogens with zero attached hydrogens (tertiary/aromatic N) is 1. The summed E-state index contributed by atoms with van der Waals surface area (Å²) in [5.74, 6) is -0.643. The highest BCUT2D eigenvalue weighted by Gasteiger charge is 2.26. The first-order chi connectivity index (χ1) is 9.95. The summed E-state index contributed by atoms with van der Waals surface area (Å²) < 4.78 is 0.364. The molecule has 0 aliphatic carbocycles. The Kier molecular flexibility index (Phi) is 3.55. The van der Waals surface area contributed by atoms with E-state index < -0.39 is 0 Å². The lowest BCUT2D eigenvalue weighted by molar-refractivity contribution is 0.0748. The van der Waals surface area contributed by atoms with E-state index in [1.54, 1.807) is 11.0 Å². The molecule has 0 bridgehead atoms. The molecule has 1 amide bonds. The van der Waals surface area contributed by atoms with Crippen LogP contribution in [0, 0.1) is 0 Å². The smallest absolute Gasteiger partial charge is 0.258 e. The number of fused-ring (bicyclic) bond motifs is 1. The number of hydrogen-bond acceptors (Lipinski definition) is 3. The third-order valence-electron chi connectivity index (χ3n) is 3.47. The van der Waals surface area contributed by atoms with Crippen LogP contribution < -0.4 is 0 Å². The molecule has 1 heterocycles. The summed E-state index contributed by atoms with van der Waals surface area (Å²) in [6, 6.07) is 8.11. The van der Waals surface area contributed by atoms with Gasteiger partial charge in [0, 0.05) is 24.2 Å². The van der Waals surface area contributed by atoms with E-state index in [-0.39, 0.29) is 23.0 Å². The van der Waals surface area contributed by atoms with Crippen molar-refractivity contribution in [3.05, 3.63) is 56.5 Å². The molecule has 0 atom stereocenters. The Morgan fingerprint density at radius 1 is 1.10 bits per heavy atom. The molecule has 108 valence electrons. The van der Waals surface area contributed by atoms with Gasteiger partial charge in [0.15, 0.2) is 0 Å². The molecule has 21 heavy (non-hydrogen) atoms. The van der Waals surface area contributed by atoms with Gasteiger partial charge in [-0.25, -0.2) is 0 Å². The van der Waals surface area contributed by atoms with Crippen LogP contribution in [0.3, 0.4) is 0 Å². The lowest BCUT2D eigenvalue weighted by atomic mass is 10.1. The summed E-state index contributed by atoms with van der Waals surface area (Å²) >= 11 is 9.10. The van der Waals surface area contributed by atoms with Crippen molar-refractivity contribution in [1.82, 2.24) is 4.90 Å². The quantitative estimate of drug-likeness (QED) is 0.807. The van der Waals surface area contributed by atoms with Gasteiger partial charge in [-0.15, -0.1) is 0 Å². The summed E-state index contributed by atoms with van der Waals surface area (Å²) in [5.41, 5.74) is 2.21. The fraction of sp³-hybridized carbons (Fsp3) is 0.133. The van der Waals surface area contributed by atoms with Crippen molar-refractivity contribution in [2.24, 2.45) is 0 Å². The molecule has 0 unspecified atom stereocenters. The molecule has 2 aromatic rings. The minimum Gasteiger partial charge on any atom is -0.507 e. The number of phenolic OH excluding ortho intramolecular Hbond substituents is 2. The zero-order chi connectivity index (χ0) is 15.1. The van der Waals surface area contributed by atoms with Gasteiger partial charge in [-0.05, 0) is 45.3 Å². The van der Waals surface area contributed by atoms with E-state index in [2.05, 4.69) is 15.9 Å². The molecule has 2 aromatic carbocycles. The highest BCUT2D eigenvalue weighted by molar-refractivity contribution is 9.10. The van der Waals surface area contributed by atoms with Crippen LogP contribution in [-0.2, 0) is 13.1 Å². The molecule has 0 radical (unpaired) electrons. The molecule has 0 saturated carbocycles. The Morgan fingerprint density at radius 2 is 1.81 bits per heavy atom. The number of carbonyl (C=O) groups is 1. The maximum Gasteiger partial charge on any atom is 0.258 e. The molecule has 0 saturated heterocycles. The van der Waals surface area contributed by atoms with Gasteiger partial charge < -0.3 is 15.1 Å². The number of rotatable bonds is 1. The summed E-state index contributed by atoms with van der Waals surface area (Å²) in [5, 5.41) is 20.0. The van der Waals surface area contributed by atoms with E-state index in [1.807, 2.05) is 12.1 Å². The highest BCUT2D eigenvalue weighted by Crippen LogP contribution is 2.34. The van der Waals surface area contributed by atoms with Crippen LogP contribution in [0.15, 0.2) is 34.8 Å².